The fourth-order valence-electron chi connectivity index (χ4n) is 4.09. The molecule has 2 fully saturated rings. The maximum absolute atomic E-state index is 14.9. The van der Waals surface area contributed by atoms with Crippen molar-refractivity contribution in [3.05, 3.63) is 40.4 Å². The molecule has 0 aliphatic carbocycles. The van der Waals surface area contributed by atoms with Crippen LogP contribution in [0.15, 0.2) is 23.0 Å². The highest BCUT2D eigenvalue weighted by Crippen LogP contribution is 2.39. The molecule has 2 aromatic rings. The van der Waals surface area contributed by atoms with Crippen molar-refractivity contribution in [3.63, 3.8) is 0 Å². The monoisotopic (exact) mass is 407 g/mol. The molecular formula is C20H23F2N3O2S. The summed E-state index contributed by atoms with van der Waals surface area (Å²) in [6.07, 6.45) is 2.87. The number of amides is 1. The molecule has 0 N–H and O–H groups in total. The number of nitrogens with zero attached hydrogens (tertiary/aromatic N) is 3. The van der Waals surface area contributed by atoms with Crippen LogP contribution >= 0.6 is 11.3 Å². The van der Waals surface area contributed by atoms with Crippen LogP contribution in [0.25, 0.3) is 0 Å². The van der Waals surface area contributed by atoms with E-state index in [4.69, 9.17) is 4.74 Å². The predicted octanol–water partition coefficient (Wildman–Crippen LogP) is 4.15. The Kier molecular flexibility index (Phi) is 5.48. The van der Waals surface area contributed by atoms with E-state index in [0.717, 1.165) is 18.5 Å². The van der Waals surface area contributed by atoms with Crippen LogP contribution in [-0.2, 0) is 4.79 Å². The molecule has 1 amide bonds. The minimum atomic E-state index is -0.613. The van der Waals surface area contributed by atoms with Gasteiger partial charge in [0, 0.05) is 56.9 Å². The van der Waals surface area contributed by atoms with Crippen LogP contribution in [0.4, 0.5) is 14.5 Å². The van der Waals surface area contributed by atoms with Crippen molar-refractivity contribution in [3.8, 4) is 5.75 Å². The fraction of sp³-hybridized carbons (Fsp3) is 0.500. The molecule has 5 nitrogen and oxygen atoms in total. The van der Waals surface area contributed by atoms with E-state index in [-0.39, 0.29) is 29.5 Å². The number of hydrogen-bond acceptors (Lipinski definition) is 5. The van der Waals surface area contributed by atoms with E-state index < -0.39 is 11.6 Å². The van der Waals surface area contributed by atoms with Gasteiger partial charge in [-0.25, -0.2) is 13.8 Å². The lowest BCUT2D eigenvalue weighted by molar-refractivity contribution is -0.130. The molecule has 2 aliphatic rings. The molecule has 150 valence electrons. The van der Waals surface area contributed by atoms with Gasteiger partial charge in [-0.05, 0) is 12.8 Å². The SMILES string of the molecule is CC(=O)N1CCC(Oc2cc(F)c(N3CCCC3c3cscn3)c(F)c2)CC1. The third-order valence-electron chi connectivity index (χ3n) is 5.51. The lowest BCUT2D eigenvalue weighted by Gasteiger charge is -2.32. The number of rotatable bonds is 4. The van der Waals surface area contributed by atoms with Crippen molar-refractivity contribution in [2.75, 3.05) is 24.5 Å². The van der Waals surface area contributed by atoms with Crippen molar-refractivity contribution < 1.29 is 18.3 Å². The van der Waals surface area contributed by atoms with Gasteiger partial charge in [0.25, 0.3) is 0 Å². The number of piperidine rings is 1. The van der Waals surface area contributed by atoms with Crippen molar-refractivity contribution in [1.82, 2.24) is 9.88 Å². The molecule has 3 heterocycles. The average molecular weight is 407 g/mol. The van der Waals surface area contributed by atoms with Gasteiger partial charge in [-0.1, -0.05) is 0 Å². The van der Waals surface area contributed by atoms with Gasteiger partial charge in [0.1, 0.15) is 17.5 Å². The molecule has 0 radical (unpaired) electrons. The Bertz CT molecular complexity index is 815. The first-order valence-electron chi connectivity index (χ1n) is 9.59. The van der Waals surface area contributed by atoms with Crippen LogP contribution in [0.2, 0.25) is 0 Å². The van der Waals surface area contributed by atoms with E-state index in [1.165, 1.54) is 23.5 Å². The van der Waals surface area contributed by atoms with E-state index in [1.54, 1.807) is 22.2 Å². The molecule has 0 saturated carbocycles. The van der Waals surface area contributed by atoms with E-state index >= 15 is 0 Å². The first-order chi connectivity index (χ1) is 13.5. The topological polar surface area (TPSA) is 45.7 Å². The summed E-state index contributed by atoms with van der Waals surface area (Å²) in [5.74, 6) is -0.985. The second-order valence-electron chi connectivity index (χ2n) is 7.32. The van der Waals surface area contributed by atoms with Gasteiger partial charge in [-0.3, -0.25) is 4.79 Å². The molecule has 8 heteroatoms. The Hall–Kier alpha value is -2.22. The largest absolute Gasteiger partial charge is 0.490 e. The van der Waals surface area contributed by atoms with Crippen LogP contribution in [0, 0.1) is 11.6 Å². The minimum Gasteiger partial charge on any atom is -0.490 e. The van der Waals surface area contributed by atoms with Crippen LogP contribution in [-0.4, -0.2) is 41.5 Å². The third-order valence-corrected chi connectivity index (χ3v) is 6.12. The standard InChI is InChI=1S/C20H23F2N3O2S/c1-13(26)24-7-4-14(5-8-24)27-15-9-16(21)20(17(22)10-15)25-6-2-3-19(25)18-11-28-12-23-18/h9-12,14,19H,2-8H2,1H3. The molecule has 1 atom stereocenters. The zero-order valence-corrected chi connectivity index (χ0v) is 16.6. The molecule has 0 spiro atoms. The molecule has 1 aromatic carbocycles. The van der Waals surface area contributed by atoms with Crippen molar-refractivity contribution in [2.45, 2.75) is 44.8 Å². The fourth-order valence-corrected chi connectivity index (χ4v) is 4.69. The Balaban J connectivity index is 1.49. The van der Waals surface area contributed by atoms with Gasteiger partial charge in [0.05, 0.1) is 17.2 Å². The van der Waals surface area contributed by atoms with E-state index in [0.29, 0.717) is 32.5 Å². The van der Waals surface area contributed by atoms with E-state index in [9.17, 15) is 13.6 Å². The maximum atomic E-state index is 14.9. The lowest BCUT2D eigenvalue weighted by atomic mass is 10.1. The number of carbonyl (C=O) groups is 1. The van der Waals surface area contributed by atoms with Crippen LogP contribution in [0.3, 0.4) is 0 Å². The molecule has 4 rings (SSSR count). The van der Waals surface area contributed by atoms with Gasteiger partial charge >= 0.3 is 0 Å². The second-order valence-corrected chi connectivity index (χ2v) is 8.04. The summed E-state index contributed by atoms with van der Waals surface area (Å²) in [5.41, 5.74) is 2.60. The summed E-state index contributed by atoms with van der Waals surface area (Å²) in [5, 5.41) is 1.93. The maximum Gasteiger partial charge on any atom is 0.219 e. The summed E-state index contributed by atoms with van der Waals surface area (Å²) < 4.78 is 35.5. The molecule has 1 unspecified atom stereocenters. The normalized spacial score (nSPS) is 20.6. The first-order valence-corrected chi connectivity index (χ1v) is 10.5. The molecule has 0 bridgehead atoms. The number of likely N-dealkylation sites (tertiary alicyclic amines) is 1. The number of carbonyl (C=O) groups excluding carboxylic acids is 1. The molecule has 2 aliphatic heterocycles. The van der Waals surface area contributed by atoms with Crippen molar-refractivity contribution in [1.29, 1.82) is 0 Å². The number of aromatic nitrogens is 1. The summed E-state index contributed by atoms with van der Waals surface area (Å²) in [6, 6.07) is 2.44. The zero-order valence-electron chi connectivity index (χ0n) is 15.7. The number of ether oxygens (including phenoxy) is 1. The summed E-state index contributed by atoms with van der Waals surface area (Å²) in [7, 11) is 0. The number of halogens is 2. The van der Waals surface area contributed by atoms with Gasteiger partial charge in [0.2, 0.25) is 5.91 Å². The average Bonchev–Trinajstić information content (AvgIpc) is 3.33. The highest BCUT2D eigenvalue weighted by molar-refractivity contribution is 7.07. The third kappa shape index (κ3) is 3.83. The van der Waals surface area contributed by atoms with E-state index in [1.807, 2.05) is 5.38 Å². The lowest BCUT2D eigenvalue weighted by Crippen LogP contribution is -2.40. The van der Waals surface area contributed by atoms with Crippen molar-refractivity contribution in [2.24, 2.45) is 0 Å². The number of thiazole rings is 1. The summed E-state index contributed by atoms with van der Waals surface area (Å²) >= 11 is 1.49. The second kappa shape index (κ2) is 8.03. The quantitative estimate of drug-likeness (QED) is 0.764. The molecule has 28 heavy (non-hydrogen) atoms. The zero-order chi connectivity index (χ0) is 19.7. The minimum absolute atomic E-state index is 0.00533. The van der Waals surface area contributed by atoms with Crippen molar-refractivity contribution >= 4 is 22.9 Å². The van der Waals surface area contributed by atoms with Gasteiger partial charge in [-0.15, -0.1) is 11.3 Å². The Morgan fingerprint density at radius 2 is 1.89 bits per heavy atom. The predicted molar refractivity (Wildman–Crippen MR) is 104 cm³/mol. The van der Waals surface area contributed by atoms with E-state index in [2.05, 4.69) is 4.98 Å². The Labute approximate surface area is 166 Å². The number of benzene rings is 1. The molecular weight excluding hydrogens is 384 g/mol. The van der Waals surface area contributed by atoms with Crippen LogP contribution in [0.1, 0.15) is 44.3 Å². The molecule has 1 aromatic heterocycles. The smallest absolute Gasteiger partial charge is 0.219 e. The first kappa shape index (κ1) is 19.1. The van der Waals surface area contributed by atoms with Gasteiger partial charge < -0.3 is 14.5 Å². The molecule has 2 saturated heterocycles. The van der Waals surface area contributed by atoms with Crippen LogP contribution < -0.4 is 9.64 Å². The number of hydrogen-bond donors (Lipinski definition) is 0. The number of anilines is 1. The van der Waals surface area contributed by atoms with Gasteiger partial charge in [-0.2, -0.15) is 0 Å². The Morgan fingerprint density at radius 1 is 1.18 bits per heavy atom. The summed E-state index contributed by atoms with van der Waals surface area (Å²) in [4.78, 5) is 19.3. The van der Waals surface area contributed by atoms with Gasteiger partial charge in [0.15, 0.2) is 11.6 Å². The highest BCUT2D eigenvalue weighted by Gasteiger charge is 2.32. The summed E-state index contributed by atoms with van der Waals surface area (Å²) in [6.45, 7) is 3.35. The van der Waals surface area contributed by atoms with Crippen LogP contribution in [0.5, 0.6) is 5.75 Å². The Morgan fingerprint density at radius 3 is 2.50 bits per heavy atom. The highest BCUT2D eigenvalue weighted by atomic mass is 32.1.